The molecule has 3 rings (SSSR count). The van der Waals surface area contributed by atoms with E-state index < -0.39 is 43.1 Å². The van der Waals surface area contributed by atoms with Crippen molar-refractivity contribution in [2.75, 3.05) is 6.61 Å². The predicted molar refractivity (Wildman–Crippen MR) is 83.9 cm³/mol. The van der Waals surface area contributed by atoms with E-state index in [9.17, 15) is 20.1 Å². The van der Waals surface area contributed by atoms with Crippen molar-refractivity contribution < 1.29 is 24.9 Å². The first-order valence-corrected chi connectivity index (χ1v) is 7.74. The van der Waals surface area contributed by atoms with Gasteiger partial charge in [0.2, 0.25) is 5.91 Å². The topological polar surface area (TPSA) is 143 Å². The van der Waals surface area contributed by atoms with Gasteiger partial charge in [-0.25, -0.2) is 4.68 Å². The van der Waals surface area contributed by atoms with E-state index in [0.717, 1.165) is 0 Å². The maximum Gasteiger partial charge on any atom is 0.217 e. The van der Waals surface area contributed by atoms with Crippen LogP contribution in [0.25, 0.3) is 11.4 Å². The SMILES string of the molecule is CC(=O)N[C@@H]1[C@@H](O)[C@H](O)[C@@H](CO)O[C@H]1n1cc(-c2ccccn2)nn1. The summed E-state index contributed by atoms with van der Waals surface area (Å²) in [7, 11) is 0. The Hall–Kier alpha value is -2.40. The Morgan fingerprint density at radius 2 is 2.12 bits per heavy atom. The molecule has 0 aliphatic carbocycles. The fourth-order valence-electron chi connectivity index (χ4n) is 2.75. The molecule has 25 heavy (non-hydrogen) atoms. The Morgan fingerprint density at radius 3 is 2.76 bits per heavy atom. The molecule has 0 bridgehead atoms. The minimum Gasteiger partial charge on any atom is -0.394 e. The summed E-state index contributed by atoms with van der Waals surface area (Å²) in [5.74, 6) is -0.405. The summed E-state index contributed by atoms with van der Waals surface area (Å²) in [6.07, 6.45) is -1.50. The van der Waals surface area contributed by atoms with Crippen molar-refractivity contribution in [1.82, 2.24) is 25.3 Å². The quantitative estimate of drug-likeness (QED) is 0.520. The van der Waals surface area contributed by atoms with E-state index in [0.29, 0.717) is 11.4 Å². The number of aliphatic hydroxyl groups is 3. The monoisotopic (exact) mass is 349 g/mol. The molecule has 1 saturated heterocycles. The number of ether oxygens (including phenoxy) is 1. The Kier molecular flexibility index (Phi) is 5.04. The first-order chi connectivity index (χ1) is 12.0. The van der Waals surface area contributed by atoms with Gasteiger partial charge in [-0.2, -0.15) is 0 Å². The lowest BCUT2D eigenvalue weighted by Gasteiger charge is -2.42. The van der Waals surface area contributed by atoms with Crippen molar-refractivity contribution in [2.45, 2.75) is 37.5 Å². The summed E-state index contributed by atoms with van der Waals surface area (Å²) in [5.41, 5.74) is 1.08. The van der Waals surface area contributed by atoms with E-state index in [4.69, 9.17) is 4.74 Å². The van der Waals surface area contributed by atoms with Crippen molar-refractivity contribution in [3.05, 3.63) is 30.6 Å². The van der Waals surface area contributed by atoms with Crippen LogP contribution in [0.5, 0.6) is 0 Å². The number of aromatic nitrogens is 4. The molecule has 2 aromatic rings. The number of nitrogens with one attached hydrogen (secondary N) is 1. The minimum atomic E-state index is -1.35. The van der Waals surface area contributed by atoms with Gasteiger partial charge < -0.3 is 25.4 Å². The van der Waals surface area contributed by atoms with Crippen molar-refractivity contribution >= 4 is 5.91 Å². The lowest BCUT2D eigenvalue weighted by Crippen LogP contribution is -2.62. The molecule has 134 valence electrons. The van der Waals surface area contributed by atoms with Gasteiger partial charge in [-0.05, 0) is 12.1 Å². The van der Waals surface area contributed by atoms with E-state index in [1.54, 1.807) is 30.6 Å². The fourth-order valence-corrected chi connectivity index (χ4v) is 2.75. The molecule has 1 aliphatic rings. The molecule has 0 radical (unpaired) electrons. The van der Waals surface area contributed by atoms with Crippen LogP contribution in [0.2, 0.25) is 0 Å². The van der Waals surface area contributed by atoms with Crippen LogP contribution in [0.1, 0.15) is 13.2 Å². The first kappa shape index (κ1) is 17.4. The zero-order valence-electron chi connectivity index (χ0n) is 13.4. The number of amides is 1. The second kappa shape index (κ2) is 7.23. The van der Waals surface area contributed by atoms with Crippen molar-refractivity contribution in [3.8, 4) is 11.4 Å². The van der Waals surface area contributed by atoms with Gasteiger partial charge in [0.05, 0.1) is 18.5 Å². The van der Waals surface area contributed by atoms with E-state index in [2.05, 4.69) is 20.6 Å². The number of nitrogens with zero attached hydrogens (tertiary/aromatic N) is 4. The van der Waals surface area contributed by atoms with E-state index in [1.807, 2.05) is 0 Å². The normalized spacial score (nSPS) is 29.4. The van der Waals surface area contributed by atoms with Gasteiger partial charge in [-0.1, -0.05) is 11.3 Å². The maximum absolute atomic E-state index is 11.5. The summed E-state index contributed by atoms with van der Waals surface area (Å²) in [4.78, 5) is 15.6. The lowest BCUT2D eigenvalue weighted by atomic mass is 9.96. The van der Waals surface area contributed by atoms with Gasteiger partial charge in [0.1, 0.15) is 30.0 Å². The van der Waals surface area contributed by atoms with Crippen LogP contribution >= 0.6 is 0 Å². The Morgan fingerprint density at radius 1 is 1.32 bits per heavy atom. The number of hydrogen-bond donors (Lipinski definition) is 4. The number of pyridine rings is 1. The standard InChI is InChI=1S/C15H19N5O5/c1-8(22)17-12-14(24)13(23)11(7-21)25-15(12)20-6-10(18-19-20)9-4-2-3-5-16-9/h2-6,11-15,21,23-24H,7H2,1H3,(H,17,22)/t11-,12-,13-,14-,15-/m1/s1. The number of carbonyl (C=O) groups excluding carboxylic acids is 1. The molecule has 10 heteroatoms. The van der Waals surface area contributed by atoms with Gasteiger partial charge >= 0.3 is 0 Å². The molecule has 1 aliphatic heterocycles. The molecule has 0 unspecified atom stereocenters. The van der Waals surface area contributed by atoms with Gasteiger partial charge in [-0.15, -0.1) is 5.10 Å². The number of rotatable bonds is 4. The molecule has 1 amide bonds. The summed E-state index contributed by atoms with van der Waals surface area (Å²) < 4.78 is 6.95. The molecule has 0 saturated carbocycles. The number of aliphatic hydroxyl groups excluding tert-OH is 3. The predicted octanol–water partition coefficient (Wildman–Crippen LogP) is -1.54. The summed E-state index contributed by atoms with van der Waals surface area (Å²) >= 11 is 0. The third-order valence-electron chi connectivity index (χ3n) is 3.97. The highest BCUT2D eigenvalue weighted by Gasteiger charge is 2.46. The highest BCUT2D eigenvalue weighted by Crippen LogP contribution is 2.28. The minimum absolute atomic E-state index is 0.405. The summed E-state index contributed by atoms with van der Waals surface area (Å²) in [6.45, 7) is 0.790. The highest BCUT2D eigenvalue weighted by atomic mass is 16.5. The molecule has 2 aromatic heterocycles. The van der Waals surface area contributed by atoms with Gasteiger partial charge in [-0.3, -0.25) is 9.78 Å². The molecule has 10 nitrogen and oxygen atoms in total. The average molecular weight is 349 g/mol. The fraction of sp³-hybridized carbons (Fsp3) is 0.467. The molecule has 5 atom stereocenters. The smallest absolute Gasteiger partial charge is 0.217 e. The van der Waals surface area contributed by atoms with Crippen LogP contribution in [0.3, 0.4) is 0 Å². The van der Waals surface area contributed by atoms with Crippen molar-refractivity contribution in [1.29, 1.82) is 0 Å². The molecular weight excluding hydrogens is 330 g/mol. The second-order valence-corrected chi connectivity index (χ2v) is 5.75. The Labute approximate surface area is 143 Å². The first-order valence-electron chi connectivity index (χ1n) is 7.74. The third-order valence-corrected chi connectivity index (χ3v) is 3.97. The number of hydrogen-bond acceptors (Lipinski definition) is 8. The molecule has 4 N–H and O–H groups in total. The largest absolute Gasteiger partial charge is 0.394 e. The molecule has 0 spiro atoms. The third kappa shape index (κ3) is 3.51. The van der Waals surface area contributed by atoms with Gasteiger partial charge in [0.25, 0.3) is 0 Å². The highest BCUT2D eigenvalue weighted by molar-refractivity contribution is 5.73. The van der Waals surface area contributed by atoms with Gasteiger partial charge in [0, 0.05) is 13.1 Å². The van der Waals surface area contributed by atoms with E-state index in [1.165, 1.54) is 11.6 Å². The Bertz CT molecular complexity index is 724. The van der Waals surface area contributed by atoms with Crippen LogP contribution in [-0.4, -0.2) is 72.2 Å². The van der Waals surface area contributed by atoms with E-state index >= 15 is 0 Å². The van der Waals surface area contributed by atoms with Crippen LogP contribution in [0.4, 0.5) is 0 Å². The second-order valence-electron chi connectivity index (χ2n) is 5.75. The Balaban J connectivity index is 1.91. The van der Waals surface area contributed by atoms with Crippen LogP contribution < -0.4 is 5.32 Å². The zero-order chi connectivity index (χ0) is 18.0. The summed E-state index contributed by atoms with van der Waals surface area (Å²) in [6, 6.07) is 4.37. The van der Waals surface area contributed by atoms with Crippen molar-refractivity contribution in [2.24, 2.45) is 0 Å². The van der Waals surface area contributed by atoms with E-state index in [-0.39, 0.29) is 0 Å². The van der Waals surface area contributed by atoms with Crippen molar-refractivity contribution in [3.63, 3.8) is 0 Å². The summed E-state index contributed by atoms with van der Waals surface area (Å²) in [5, 5.41) is 40.2. The van der Waals surface area contributed by atoms with Crippen LogP contribution in [0, 0.1) is 0 Å². The molecular formula is C15H19N5O5. The van der Waals surface area contributed by atoms with Crippen LogP contribution in [0.15, 0.2) is 30.6 Å². The zero-order valence-corrected chi connectivity index (χ0v) is 13.4. The lowest BCUT2D eigenvalue weighted by molar-refractivity contribution is -0.219. The maximum atomic E-state index is 11.5. The molecule has 0 aromatic carbocycles. The average Bonchev–Trinajstić information content (AvgIpc) is 3.10. The van der Waals surface area contributed by atoms with Crippen LogP contribution in [-0.2, 0) is 9.53 Å². The molecule has 3 heterocycles. The van der Waals surface area contributed by atoms with Gasteiger partial charge in [0.15, 0.2) is 6.23 Å². The molecule has 1 fully saturated rings. The number of carbonyl (C=O) groups is 1.